The number of hydrogen-bond acceptors (Lipinski definition) is 4. The maximum atomic E-state index is 11.6. The number of sulfonamides is 1. The van der Waals surface area contributed by atoms with Crippen LogP contribution in [0.1, 0.15) is 13.3 Å². The molecule has 1 rings (SSSR count). The van der Waals surface area contributed by atoms with E-state index in [4.69, 9.17) is 0 Å². The summed E-state index contributed by atoms with van der Waals surface area (Å²) in [6.45, 7) is 2.35. The largest absolute Gasteiger partial charge is 0.373 e. The Kier molecular flexibility index (Phi) is 4.05. The molecule has 0 bridgehead atoms. The van der Waals surface area contributed by atoms with Crippen molar-refractivity contribution in [3.05, 3.63) is 18.3 Å². The topological polar surface area (TPSA) is 71.1 Å². The second-order valence-corrected chi connectivity index (χ2v) is 4.79. The van der Waals surface area contributed by atoms with Crippen molar-refractivity contribution in [3.63, 3.8) is 0 Å². The average Bonchev–Trinajstić information content (AvgIpc) is 2.26. The molecule has 0 saturated heterocycles. The fourth-order valence-corrected chi connectivity index (χ4v) is 2.09. The van der Waals surface area contributed by atoms with Crippen LogP contribution < -0.4 is 10.0 Å². The highest BCUT2D eigenvalue weighted by atomic mass is 32.2. The number of hydrogen-bond donors (Lipinski definition) is 2. The highest BCUT2D eigenvalue weighted by molar-refractivity contribution is 7.89. The predicted octanol–water partition coefficient (Wildman–Crippen LogP) is 0.812. The lowest BCUT2D eigenvalue weighted by Gasteiger charge is -2.05. The molecule has 0 spiro atoms. The van der Waals surface area contributed by atoms with Gasteiger partial charge in [-0.2, -0.15) is 0 Å². The molecule has 84 valence electrons. The van der Waals surface area contributed by atoms with Gasteiger partial charge in [-0.1, -0.05) is 6.92 Å². The Labute approximate surface area is 90.0 Å². The molecule has 15 heavy (non-hydrogen) atoms. The Morgan fingerprint density at radius 2 is 2.13 bits per heavy atom. The molecule has 1 aromatic rings. The number of pyridine rings is 1. The molecule has 0 fully saturated rings. The smallest absolute Gasteiger partial charge is 0.242 e. The summed E-state index contributed by atoms with van der Waals surface area (Å²) in [4.78, 5) is 4.13. The molecule has 0 aliphatic heterocycles. The van der Waals surface area contributed by atoms with Crippen molar-refractivity contribution >= 4 is 15.8 Å². The summed E-state index contributed by atoms with van der Waals surface area (Å²) in [5.74, 6) is 0.643. The monoisotopic (exact) mass is 229 g/mol. The van der Waals surface area contributed by atoms with Gasteiger partial charge in [-0.25, -0.2) is 18.1 Å². The Morgan fingerprint density at radius 1 is 1.40 bits per heavy atom. The summed E-state index contributed by atoms with van der Waals surface area (Å²) in [6.07, 6.45) is 2.10. The summed E-state index contributed by atoms with van der Waals surface area (Å²) >= 11 is 0. The highest BCUT2D eigenvalue weighted by Crippen LogP contribution is 2.09. The van der Waals surface area contributed by atoms with Crippen LogP contribution in [-0.4, -0.2) is 27.0 Å². The van der Waals surface area contributed by atoms with Crippen LogP contribution in [0.5, 0.6) is 0 Å². The zero-order valence-electron chi connectivity index (χ0n) is 8.82. The molecule has 1 aromatic heterocycles. The summed E-state index contributed by atoms with van der Waals surface area (Å²) in [7, 11) is -1.66. The van der Waals surface area contributed by atoms with Crippen molar-refractivity contribution in [2.45, 2.75) is 18.2 Å². The van der Waals surface area contributed by atoms with Crippen molar-refractivity contribution < 1.29 is 8.42 Å². The second-order valence-electron chi connectivity index (χ2n) is 3.03. The van der Waals surface area contributed by atoms with Gasteiger partial charge in [0, 0.05) is 19.8 Å². The van der Waals surface area contributed by atoms with Crippen LogP contribution in [0.15, 0.2) is 23.2 Å². The van der Waals surface area contributed by atoms with E-state index in [0.717, 1.165) is 6.42 Å². The van der Waals surface area contributed by atoms with Gasteiger partial charge >= 0.3 is 0 Å². The molecule has 1 heterocycles. The van der Waals surface area contributed by atoms with E-state index in [0.29, 0.717) is 12.4 Å². The van der Waals surface area contributed by atoms with Crippen molar-refractivity contribution in [3.8, 4) is 0 Å². The molecule has 6 heteroatoms. The van der Waals surface area contributed by atoms with Gasteiger partial charge in [0.2, 0.25) is 10.0 Å². The molecule has 0 aromatic carbocycles. The van der Waals surface area contributed by atoms with E-state index in [9.17, 15) is 8.42 Å². The minimum Gasteiger partial charge on any atom is -0.373 e. The van der Waals surface area contributed by atoms with Crippen LogP contribution in [0.2, 0.25) is 0 Å². The average molecular weight is 229 g/mol. The molecule has 5 nitrogen and oxygen atoms in total. The van der Waals surface area contributed by atoms with Crippen LogP contribution in [-0.2, 0) is 10.0 Å². The van der Waals surface area contributed by atoms with Crippen LogP contribution >= 0.6 is 0 Å². The first-order valence-electron chi connectivity index (χ1n) is 4.73. The number of anilines is 1. The maximum Gasteiger partial charge on any atom is 0.242 e. The highest BCUT2D eigenvalue weighted by Gasteiger charge is 2.12. The van der Waals surface area contributed by atoms with Crippen LogP contribution in [0, 0.1) is 0 Å². The van der Waals surface area contributed by atoms with Gasteiger partial charge in [-0.3, -0.25) is 0 Å². The number of nitrogens with one attached hydrogen (secondary N) is 2. The lowest BCUT2D eigenvalue weighted by atomic mass is 10.5. The fourth-order valence-electron chi connectivity index (χ4n) is 1.01. The molecule has 0 amide bonds. The first kappa shape index (κ1) is 11.9. The van der Waals surface area contributed by atoms with Gasteiger partial charge in [0.25, 0.3) is 0 Å². The van der Waals surface area contributed by atoms with Crippen LogP contribution in [0.3, 0.4) is 0 Å². The van der Waals surface area contributed by atoms with Gasteiger partial charge in [-0.15, -0.1) is 0 Å². The van der Waals surface area contributed by atoms with Crippen molar-refractivity contribution in [2.75, 3.05) is 18.9 Å². The molecule has 0 aliphatic rings. The predicted molar refractivity (Wildman–Crippen MR) is 59.3 cm³/mol. The van der Waals surface area contributed by atoms with E-state index >= 15 is 0 Å². The van der Waals surface area contributed by atoms with Crippen LogP contribution in [0.4, 0.5) is 5.82 Å². The van der Waals surface area contributed by atoms with Crippen molar-refractivity contribution in [2.24, 2.45) is 0 Å². The molecule has 0 aliphatic carbocycles. The lowest BCUT2D eigenvalue weighted by Crippen LogP contribution is -2.24. The Bertz CT molecular complexity index is 400. The van der Waals surface area contributed by atoms with Gasteiger partial charge in [0.05, 0.1) is 0 Å². The Hall–Kier alpha value is -1.14. The molecule has 0 unspecified atom stereocenters. The Balaban J connectivity index is 2.86. The number of rotatable bonds is 5. The fraction of sp³-hybridized carbons (Fsp3) is 0.444. The van der Waals surface area contributed by atoms with Crippen LogP contribution in [0.25, 0.3) is 0 Å². The quantitative estimate of drug-likeness (QED) is 0.784. The summed E-state index contributed by atoms with van der Waals surface area (Å²) in [5.41, 5.74) is 0. The van der Waals surface area contributed by atoms with Crippen molar-refractivity contribution in [1.82, 2.24) is 9.71 Å². The third kappa shape index (κ3) is 3.17. The van der Waals surface area contributed by atoms with Crippen molar-refractivity contribution in [1.29, 1.82) is 0 Å². The molecule has 0 saturated carbocycles. The van der Waals surface area contributed by atoms with E-state index in [1.807, 2.05) is 6.92 Å². The standard InChI is InChI=1S/C9H15N3O2S/c1-3-6-12-15(13,14)8-4-5-9(10-2)11-7-8/h4-5,7,12H,3,6H2,1-2H3,(H,10,11). The normalized spacial score (nSPS) is 11.3. The molecule has 2 N–H and O–H groups in total. The van der Waals surface area contributed by atoms with Gasteiger partial charge in [-0.05, 0) is 18.6 Å². The zero-order chi connectivity index (χ0) is 11.3. The van der Waals surface area contributed by atoms with E-state index in [2.05, 4.69) is 15.0 Å². The second kappa shape index (κ2) is 5.09. The van der Waals surface area contributed by atoms with E-state index in [1.54, 1.807) is 13.1 Å². The zero-order valence-corrected chi connectivity index (χ0v) is 9.63. The van der Waals surface area contributed by atoms with E-state index in [1.165, 1.54) is 12.3 Å². The Morgan fingerprint density at radius 3 is 2.60 bits per heavy atom. The first-order valence-corrected chi connectivity index (χ1v) is 6.22. The molecule has 0 atom stereocenters. The minimum atomic E-state index is -3.39. The first-order chi connectivity index (χ1) is 7.10. The molecular formula is C9H15N3O2S. The summed E-state index contributed by atoms with van der Waals surface area (Å²) in [6, 6.07) is 3.15. The summed E-state index contributed by atoms with van der Waals surface area (Å²) in [5, 5.41) is 2.82. The van der Waals surface area contributed by atoms with Gasteiger partial charge in [0.15, 0.2) is 0 Å². The SMILES string of the molecule is CCCNS(=O)(=O)c1ccc(NC)nc1. The third-order valence-electron chi connectivity index (χ3n) is 1.84. The minimum absolute atomic E-state index is 0.190. The maximum absolute atomic E-state index is 11.6. The number of nitrogens with zero attached hydrogens (tertiary/aromatic N) is 1. The lowest BCUT2D eigenvalue weighted by molar-refractivity contribution is 0.580. The van der Waals surface area contributed by atoms with E-state index < -0.39 is 10.0 Å². The van der Waals surface area contributed by atoms with Gasteiger partial charge in [0.1, 0.15) is 10.7 Å². The molecular weight excluding hydrogens is 214 g/mol. The molecule has 0 radical (unpaired) electrons. The number of aromatic nitrogens is 1. The van der Waals surface area contributed by atoms with E-state index in [-0.39, 0.29) is 4.90 Å². The third-order valence-corrected chi connectivity index (χ3v) is 3.29. The van der Waals surface area contributed by atoms with Gasteiger partial charge < -0.3 is 5.32 Å². The summed E-state index contributed by atoms with van der Waals surface area (Å²) < 4.78 is 25.7.